The van der Waals surface area contributed by atoms with Gasteiger partial charge in [-0.1, -0.05) is 0 Å². The summed E-state index contributed by atoms with van der Waals surface area (Å²) in [7, 11) is -0.693. The molecule has 1 aromatic rings. The molecule has 1 heterocycles. The second kappa shape index (κ2) is 6.25. The van der Waals surface area contributed by atoms with E-state index in [0.717, 1.165) is 24.4 Å². The Morgan fingerprint density at radius 2 is 2.40 bits per heavy atom. The van der Waals surface area contributed by atoms with Crippen LogP contribution in [0.3, 0.4) is 0 Å². The molecule has 0 radical (unpaired) electrons. The molecule has 3 N–H and O–H groups in total. The molecule has 0 spiro atoms. The highest BCUT2D eigenvalue weighted by Crippen LogP contribution is 2.18. The van der Waals surface area contributed by atoms with E-state index in [1.54, 1.807) is 17.6 Å². The lowest BCUT2D eigenvalue weighted by atomic mass is 10.2. The van der Waals surface area contributed by atoms with Crippen LogP contribution in [0.5, 0.6) is 0 Å². The van der Waals surface area contributed by atoms with Crippen molar-refractivity contribution in [3.63, 3.8) is 0 Å². The highest BCUT2D eigenvalue weighted by molar-refractivity contribution is 7.84. The van der Waals surface area contributed by atoms with Gasteiger partial charge in [0.25, 0.3) is 0 Å². The standard InChI is InChI=1S/C10H18N2OS2/c1-8(4-6-15(2)13)12-7-10-9(11)3-5-14-10/h3,5,8,12H,4,6-7,11H2,1-2H3. The minimum absolute atomic E-state index is 0.385. The van der Waals surface area contributed by atoms with E-state index in [1.807, 2.05) is 11.4 Å². The summed E-state index contributed by atoms with van der Waals surface area (Å²) in [5.74, 6) is 0.758. The van der Waals surface area contributed by atoms with E-state index < -0.39 is 10.8 Å². The molecule has 0 aliphatic rings. The Hall–Kier alpha value is -0.390. The minimum atomic E-state index is -0.693. The molecule has 15 heavy (non-hydrogen) atoms. The number of hydrogen-bond donors (Lipinski definition) is 2. The van der Waals surface area contributed by atoms with Crippen molar-refractivity contribution in [2.24, 2.45) is 0 Å². The van der Waals surface area contributed by atoms with Gasteiger partial charge in [0.15, 0.2) is 0 Å². The normalized spacial score (nSPS) is 15.1. The molecular weight excluding hydrogens is 228 g/mol. The van der Waals surface area contributed by atoms with Crippen LogP contribution in [0.4, 0.5) is 5.69 Å². The predicted molar refractivity (Wildman–Crippen MR) is 68.6 cm³/mol. The van der Waals surface area contributed by atoms with E-state index in [0.29, 0.717) is 6.04 Å². The molecule has 0 bridgehead atoms. The molecule has 0 aromatic carbocycles. The topological polar surface area (TPSA) is 55.1 Å². The summed E-state index contributed by atoms with van der Waals surface area (Å²) in [5, 5.41) is 5.38. The summed E-state index contributed by atoms with van der Waals surface area (Å²) in [4.78, 5) is 1.18. The van der Waals surface area contributed by atoms with Crippen molar-refractivity contribution in [3.05, 3.63) is 16.3 Å². The van der Waals surface area contributed by atoms with Crippen LogP contribution < -0.4 is 11.1 Å². The van der Waals surface area contributed by atoms with Crippen LogP contribution in [-0.2, 0) is 17.3 Å². The van der Waals surface area contributed by atoms with E-state index in [1.165, 1.54) is 4.88 Å². The van der Waals surface area contributed by atoms with Crippen LogP contribution >= 0.6 is 11.3 Å². The molecule has 3 nitrogen and oxygen atoms in total. The maximum Gasteiger partial charge on any atom is 0.0468 e. The molecule has 2 unspecified atom stereocenters. The molecule has 0 fully saturated rings. The fourth-order valence-corrected chi connectivity index (χ4v) is 2.64. The number of hydrogen-bond acceptors (Lipinski definition) is 4. The number of thiophene rings is 1. The third-order valence-electron chi connectivity index (χ3n) is 2.23. The lowest BCUT2D eigenvalue weighted by molar-refractivity contribution is 0.538. The fraction of sp³-hybridized carbons (Fsp3) is 0.600. The van der Waals surface area contributed by atoms with Gasteiger partial charge < -0.3 is 11.1 Å². The first-order valence-corrected chi connectivity index (χ1v) is 7.55. The van der Waals surface area contributed by atoms with Crippen molar-refractivity contribution in [3.8, 4) is 0 Å². The van der Waals surface area contributed by atoms with Gasteiger partial charge in [-0.2, -0.15) is 0 Å². The SMILES string of the molecule is CC(CCS(C)=O)NCc1sccc1N. The number of nitrogens with one attached hydrogen (secondary N) is 1. The summed E-state index contributed by atoms with van der Waals surface area (Å²) in [6, 6.07) is 2.31. The predicted octanol–water partition coefficient (Wildman–Crippen LogP) is 1.58. The Balaban J connectivity index is 2.25. The molecule has 0 amide bonds. The van der Waals surface area contributed by atoms with Crippen LogP contribution in [0.25, 0.3) is 0 Å². The van der Waals surface area contributed by atoms with E-state index in [4.69, 9.17) is 5.73 Å². The Kier molecular flexibility index (Phi) is 5.28. The zero-order valence-corrected chi connectivity index (χ0v) is 10.8. The van der Waals surface area contributed by atoms with Crippen LogP contribution in [-0.4, -0.2) is 22.3 Å². The highest BCUT2D eigenvalue weighted by Gasteiger charge is 2.05. The van der Waals surface area contributed by atoms with Crippen LogP contribution in [0.1, 0.15) is 18.2 Å². The fourth-order valence-electron chi connectivity index (χ4n) is 1.21. The number of anilines is 1. The first-order valence-electron chi connectivity index (χ1n) is 4.95. The first kappa shape index (κ1) is 12.7. The number of nitrogens with two attached hydrogens (primary N) is 1. The molecule has 0 aliphatic carbocycles. The molecule has 5 heteroatoms. The largest absolute Gasteiger partial charge is 0.398 e. The Bertz CT molecular complexity index is 325. The first-order chi connectivity index (χ1) is 7.09. The number of rotatable bonds is 6. The van der Waals surface area contributed by atoms with Gasteiger partial charge in [0.2, 0.25) is 0 Å². The van der Waals surface area contributed by atoms with Gasteiger partial charge in [-0.25, -0.2) is 0 Å². The van der Waals surface area contributed by atoms with Crippen molar-refractivity contribution in [1.29, 1.82) is 0 Å². The van der Waals surface area contributed by atoms with Gasteiger partial charge in [0, 0.05) is 46.0 Å². The molecule has 86 valence electrons. The molecule has 0 aliphatic heterocycles. The van der Waals surface area contributed by atoms with Crippen molar-refractivity contribution >= 4 is 27.8 Å². The second-order valence-electron chi connectivity index (χ2n) is 3.65. The second-order valence-corrected chi connectivity index (χ2v) is 6.20. The maximum atomic E-state index is 10.9. The van der Waals surface area contributed by atoms with E-state index in [-0.39, 0.29) is 0 Å². The zero-order valence-electron chi connectivity index (χ0n) is 9.16. The van der Waals surface area contributed by atoms with Crippen LogP contribution in [0.15, 0.2) is 11.4 Å². The van der Waals surface area contributed by atoms with E-state index in [2.05, 4.69) is 12.2 Å². The monoisotopic (exact) mass is 246 g/mol. The highest BCUT2D eigenvalue weighted by atomic mass is 32.2. The lowest BCUT2D eigenvalue weighted by Crippen LogP contribution is -2.26. The third-order valence-corrected chi connectivity index (χ3v) is 3.98. The molecule has 1 aromatic heterocycles. The van der Waals surface area contributed by atoms with Crippen LogP contribution in [0, 0.1) is 0 Å². The van der Waals surface area contributed by atoms with Gasteiger partial charge in [0.1, 0.15) is 0 Å². The summed E-state index contributed by atoms with van der Waals surface area (Å²) in [5.41, 5.74) is 6.63. The summed E-state index contributed by atoms with van der Waals surface area (Å²) in [6.45, 7) is 2.91. The smallest absolute Gasteiger partial charge is 0.0468 e. The minimum Gasteiger partial charge on any atom is -0.398 e. The summed E-state index contributed by atoms with van der Waals surface area (Å²) < 4.78 is 10.9. The van der Waals surface area contributed by atoms with Crippen LogP contribution in [0.2, 0.25) is 0 Å². The zero-order chi connectivity index (χ0) is 11.3. The Labute approximate surface area is 97.5 Å². The Morgan fingerprint density at radius 3 is 2.93 bits per heavy atom. The van der Waals surface area contributed by atoms with Gasteiger partial charge in [-0.15, -0.1) is 11.3 Å². The van der Waals surface area contributed by atoms with Crippen molar-refractivity contribution < 1.29 is 4.21 Å². The van der Waals surface area contributed by atoms with Gasteiger partial charge in [-0.05, 0) is 24.8 Å². The van der Waals surface area contributed by atoms with Gasteiger partial charge in [0.05, 0.1) is 0 Å². The summed E-state index contributed by atoms with van der Waals surface area (Å²) in [6.07, 6.45) is 2.68. The van der Waals surface area contributed by atoms with E-state index >= 15 is 0 Å². The van der Waals surface area contributed by atoms with E-state index in [9.17, 15) is 4.21 Å². The average molecular weight is 246 g/mol. The average Bonchev–Trinajstić information content (AvgIpc) is 2.58. The van der Waals surface area contributed by atoms with Crippen molar-refractivity contribution in [1.82, 2.24) is 5.32 Å². The quantitative estimate of drug-likeness (QED) is 0.801. The van der Waals surface area contributed by atoms with Gasteiger partial charge >= 0.3 is 0 Å². The van der Waals surface area contributed by atoms with Gasteiger partial charge in [-0.3, -0.25) is 4.21 Å². The molecule has 1 rings (SSSR count). The maximum absolute atomic E-state index is 10.9. The van der Waals surface area contributed by atoms with Crippen molar-refractivity contribution in [2.45, 2.75) is 25.9 Å². The molecular formula is C10H18N2OS2. The molecule has 0 saturated heterocycles. The molecule has 2 atom stereocenters. The van der Waals surface area contributed by atoms with Crippen molar-refractivity contribution in [2.75, 3.05) is 17.7 Å². The molecule has 0 saturated carbocycles. The Morgan fingerprint density at radius 1 is 1.67 bits per heavy atom. The third kappa shape index (κ3) is 4.77. The lowest BCUT2D eigenvalue weighted by Gasteiger charge is -2.12. The number of nitrogen functional groups attached to an aromatic ring is 1. The summed E-state index contributed by atoms with van der Waals surface area (Å²) >= 11 is 1.67.